The number of ether oxygens (including phenoxy) is 1. The first-order valence-corrected chi connectivity index (χ1v) is 6.73. The number of hydrogen-bond acceptors (Lipinski definition) is 3. The molecule has 0 aromatic heterocycles. The van der Waals surface area contributed by atoms with Crippen molar-refractivity contribution in [1.29, 1.82) is 0 Å². The lowest BCUT2D eigenvalue weighted by Gasteiger charge is -2.36. The monoisotopic (exact) mass is 226 g/mol. The first-order chi connectivity index (χ1) is 7.73. The molecule has 3 heteroatoms. The van der Waals surface area contributed by atoms with Gasteiger partial charge in [-0.05, 0) is 26.8 Å². The minimum atomic E-state index is 0.388. The van der Waals surface area contributed by atoms with Crippen LogP contribution in [0.1, 0.15) is 39.0 Å². The van der Waals surface area contributed by atoms with Crippen molar-refractivity contribution >= 4 is 0 Å². The highest BCUT2D eigenvalue weighted by molar-refractivity contribution is 4.89. The fourth-order valence-electron chi connectivity index (χ4n) is 3.01. The quantitative estimate of drug-likeness (QED) is 0.763. The number of hydrogen-bond donors (Lipinski definition) is 2. The van der Waals surface area contributed by atoms with E-state index in [2.05, 4.69) is 17.6 Å². The third-order valence-electron chi connectivity index (χ3n) is 4.32. The van der Waals surface area contributed by atoms with Crippen molar-refractivity contribution in [3.63, 3.8) is 0 Å². The zero-order valence-electron chi connectivity index (χ0n) is 10.7. The van der Waals surface area contributed by atoms with E-state index in [1.807, 2.05) is 7.05 Å². The van der Waals surface area contributed by atoms with Gasteiger partial charge in [-0.1, -0.05) is 19.3 Å². The summed E-state index contributed by atoms with van der Waals surface area (Å²) < 4.78 is 5.53. The molecule has 0 aromatic rings. The Morgan fingerprint density at radius 2 is 1.94 bits per heavy atom. The van der Waals surface area contributed by atoms with E-state index in [9.17, 15) is 0 Å². The maximum absolute atomic E-state index is 5.53. The Morgan fingerprint density at radius 1 is 1.19 bits per heavy atom. The van der Waals surface area contributed by atoms with Crippen LogP contribution in [-0.4, -0.2) is 38.4 Å². The van der Waals surface area contributed by atoms with Crippen molar-refractivity contribution in [2.24, 2.45) is 5.92 Å². The average molecular weight is 226 g/mol. The molecular weight excluding hydrogens is 200 g/mol. The minimum absolute atomic E-state index is 0.388. The zero-order chi connectivity index (χ0) is 11.4. The van der Waals surface area contributed by atoms with Gasteiger partial charge in [-0.15, -0.1) is 0 Å². The lowest BCUT2D eigenvalue weighted by atomic mass is 9.83. The third-order valence-corrected chi connectivity index (χ3v) is 4.32. The molecule has 0 spiro atoms. The van der Waals surface area contributed by atoms with Gasteiger partial charge in [0.2, 0.25) is 0 Å². The van der Waals surface area contributed by atoms with Gasteiger partial charge < -0.3 is 15.4 Å². The molecule has 0 amide bonds. The van der Waals surface area contributed by atoms with E-state index in [-0.39, 0.29) is 0 Å². The van der Waals surface area contributed by atoms with Crippen LogP contribution in [-0.2, 0) is 4.74 Å². The second-order valence-corrected chi connectivity index (χ2v) is 5.69. The summed E-state index contributed by atoms with van der Waals surface area (Å²) in [4.78, 5) is 0. The van der Waals surface area contributed by atoms with E-state index < -0.39 is 0 Å². The van der Waals surface area contributed by atoms with Gasteiger partial charge >= 0.3 is 0 Å². The smallest absolute Gasteiger partial charge is 0.0623 e. The van der Waals surface area contributed by atoms with Crippen molar-refractivity contribution in [3.8, 4) is 0 Å². The maximum atomic E-state index is 5.53. The molecule has 1 heterocycles. The second kappa shape index (κ2) is 5.48. The van der Waals surface area contributed by atoms with E-state index in [1.54, 1.807) is 0 Å². The molecule has 2 aliphatic rings. The molecule has 2 fully saturated rings. The highest BCUT2D eigenvalue weighted by Crippen LogP contribution is 2.28. The number of nitrogens with one attached hydrogen (secondary N) is 2. The Balaban J connectivity index is 1.77. The largest absolute Gasteiger partial charge is 0.379 e. The summed E-state index contributed by atoms with van der Waals surface area (Å²) in [7, 11) is 2.04. The predicted molar refractivity (Wildman–Crippen MR) is 66.6 cm³/mol. The van der Waals surface area contributed by atoms with Crippen LogP contribution in [0, 0.1) is 5.92 Å². The summed E-state index contributed by atoms with van der Waals surface area (Å²) in [6.45, 7) is 5.27. The molecule has 94 valence electrons. The summed E-state index contributed by atoms with van der Waals surface area (Å²) in [6, 6.07) is 0.541. The fourth-order valence-corrected chi connectivity index (χ4v) is 3.01. The van der Waals surface area contributed by atoms with Gasteiger partial charge in [0.25, 0.3) is 0 Å². The summed E-state index contributed by atoms with van der Waals surface area (Å²) in [6.07, 6.45) is 6.87. The van der Waals surface area contributed by atoms with Crippen molar-refractivity contribution in [2.75, 3.05) is 26.8 Å². The van der Waals surface area contributed by atoms with Crippen LogP contribution in [0.2, 0.25) is 0 Å². The normalized spacial score (nSPS) is 34.1. The van der Waals surface area contributed by atoms with E-state index in [4.69, 9.17) is 4.74 Å². The van der Waals surface area contributed by atoms with Gasteiger partial charge in [0.05, 0.1) is 13.2 Å². The zero-order valence-corrected chi connectivity index (χ0v) is 10.7. The summed E-state index contributed by atoms with van der Waals surface area (Å²) >= 11 is 0. The van der Waals surface area contributed by atoms with Crippen molar-refractivity contribution in [3.05, 3.63) is 0 Å². The van der Waals surface area contributed by atoms with Crippen molar-refractivity contribution in [1.82, 2.24) is 10.6 Å². The van der Waals surface area contributed by atoms with Crippen LogP contribution in [0.25, 0.3) is 0 Å². The first-order valence-electron chi connectivity index (χ1n) is 6.73. The molecule has 2 atom stereocenters. The van der Waals surface area contributed by atoms with Gasteiger partial charge in [0, 0.05) is 24.0 Å². The van der Waals surface area contributed by atoms with E-state index in [0.717, 1.165) is 19.8 Å². The standard InChI is InChI=1S/C13H26N2O/c1-13(6-4-3-5-7-13)15-8-11-9-16-10-12(11)14-2/h11-12,14-15H,3-10H2,1-2H3. The number of rotatable bonds is 4. The molecule has 16 heavy (non-hydrogen) atoms. The molecule has 2 N–H and O–H groups in total. The highest BCUT2D eigenvalue weighted by Gasteiger charge is 2.31. The van der Waals surface area contributed by atoms with Gasteiger partial charge in [-0.25, -0.2) is 0 Å². The molecule has 1 aliphatic carbocycles. The van der Waals surface area contributed by atoms with Crippen LogP contribution in [0.3, 0.4) is 0 Å². The summed E-state index contributed by atoms with van der Waals surface area (Å²) in [5, 5.41) is 7.13. The van der Waals surface area contributed by atoms with Crippen LogP contribution in [0.15, 0.2) is 0 Å². The van der Waals surface area contributed by atoms with Crippen LogP contribution in [0.5, 0.6) is 0 Å². The van der Waals surface area contributed by atoms with Gasteiger partial charge in [0.15, 0.2) is 0 Å². The Labute approximate surface area is 99.3 Å². The molecule has 0 radical (unpaired) electrons. The highest BCUT2D eigenvalue weighted by atomic mass is 16.5. The van der Waals surface area contributed by atoms with Crippen molar-refractivity contribution in [2.45, 2.75) is 50.6 Å². The molecule has 3 nitrogen and oxygen atoms in total. The van der Waals surface area contributed by atoms with Gasteiger partial charge in [-0.3, -0.25) is 0 Å². The van der Waals surface area contributed by atoms with E-state index in [0.29, 0.717) is 17.5 Å². The second-order valence-electron chi connectivity index (χ2n) is 5.69. The predicted octanol–water partition coefficient (Wildman–Crippen LogP) is 1.53. The van der Waals surface area contributed by atoms with E-state index >= 15 is 0 Å². The summed E-state index contributed by atoms with van der Waals surface area (Å²) in [5.41, 5.74) is 0.388. The SMILES string of the molecule is CNC1COCC1CNC1(C)CCCCC1. The third kappa shape index (κ3) is 2.96. The van der Waals surface area contributed by atoms with Gasteiger partial charge in [-0.2, -0.15) is 0 Å². The molecule has 2 rings (SSSR count). The van der Waals surface area contributed by atoms with Crippen molar-refractivity contribution < 1.29 is 4.74 Å². The lowest BCUT2D eigenvalue weighted by molar-refractivity contribution is 0.177. The average Bonchev–Trinajstić information content (AvgIpc) is 2.75. The molecule has 2 unspecified atom stereocenters. The molecule has 1 saturated heterocycles. The Morgan fingerprint density at radius 3 is 2.62 bits per heavy atom. The van der Waals surface area contributed by atoms with Gasteiger partial charge in [0.1, 0.15) is 0 Å². The summed E-state index contributed by atoms with van der Waals surface area (Å²) in [5.74, 6) is 0.642. The Bertz CT molecular complexity index is 214. The van der Waals surface area contributed by atoms with Crippen LogP contribution < -0.4 is 10.6 Å². The topological polar surface area (TPSA) is 33.3 Å². The number of likely N-dealkylation sites (N-methyl/N-ethyl adjacent to an activating group) is 1. The molecule has 0 bridgehead atoms. The lowest BCUT2D eigenvalue weighted by Crippen LogP contribution is -2.48. The maximum Gasteiger partial charge on any atom is 0.0623 e. The fraction of sp³-hybridized carbons (Fsp3) is 1.00. The molecule has 0 aromatic carbocycles. The first kappa shape index (κ1) is 12.3. The molecular formula is C13H26N2O. The van der Waals surface area contributed by atoms with E-state index in [1.165, 1.54) is 32.1 Å². The van der Waals surface area contributed by atoms with Crippen LogP contribution in [0.4, 0.5) is 0 Å². The molecule has 1 aliphatic heterocycles. The molecule has 1 saturated carbocycles. The Kier molecular flexibility index (Phi) is 4.22. The van der Waals surface area contributed by atoms with Crippen LogP contribution >= 0.6 is 0 Å². The minimum Gasteiger partial charge on any atom is -0.379 e. The Hall–Kier alpha value is -0.120.